The average Bonchev–Trinajstić information content (AvgIpc) is 2.86. The molecule has 0 aromatic heterocycles. The molecule has 4 rings (SSSR count). The second-order valence-corrected chi connectivity index (χ2v) is 17.2. The molecule has 0 spiro atoms. The molecule has 0 bridgehead atoms. The van der Waals surface area contributed by atoms with E-state index in [0.717, 1.165) is 22.6 Å². The van der Waals surface area contributed by atoms with E-state index in [4.69, 9.17) is 5.32 Å². The van der Waals surface area contributed by atoms with Crippen LogP contribution in [0.15, 0.2) is 0 Å². The fourth-order valence-electron chi connectivity index (χ4n) is 7.46. The number of hydrogen-bond donors (Lipinski definition) is 0. The van der Waals surface area contributed by atoms with Gasteiger partial charge < -0.3 is 5.32 Å². The van der Waals surface area contributed by atoms with Crippen LogP contribution in [0.1, 0.15) is 128 Å². The Bertz CT molecular complexity index is 388. The average molecular weight is 566 g/mol. The van der Waals surface area contributed by atoms with E-state index in [0.29, 0.717) is 0 Å². The second kappa shape index (κ2) is 16.2. The van der Waals surface area contributed by atoms with Crippen molar-refractivity contribution in [3.05, 3.63) is 5.32 Å². The van der Waals surface area contributed by atoms with E-state index < -0.39 is 0 Å². The smallest absolute Gasteiger partial charge is 0.662 e. The molecule has 0 amide bonds. The number of hydrogen-bond acceptors (Lipinski definition) is 0. The molecule has 0 unspecified atom stereocenters. The summed E-state index contributed by atoms with van der Waals surface area (Å²) in [5.41, 5.74) is 4.46. The van der Waals surface area contributed by atoms with Crippen LogP contribution in [0.2, 0.25) is 0 Å². The van der Waals surface area contributed by atoms with Gasteiger partial charge in [-0.2, -0.15) is 0 Å². The molecule has 0 heterocycles. The van der Waals surface area contributed by atoms with Gasteiger partial charge in [-0.1, -0.05) is 89.4 Å². The zero-order valence-electron chi connectivity index (χ0n) is 21.0. The van der Waals surface area contributed by atoms with Crippen molar-refractivity contribution in [1.29, 1.82) is 0 Å². The van der Waals surface area contributed by atoms with Crippen LogP contribution in [-0.2, 0) is 19.5 Å². The molecular formula is C28H52NP2Ru+. The van der Waals surface area contributed by atoms with Gasteiger partial charge in [-0.05, 0) is 74.0 Å². The molecule has 0 atom stereocenters. The molecule has 0 N–H and O–H groups in total. The normalized spacial score (nSPS) is 25.3. The fraction of sp³-hybridized carbons (Fsp3) is 1.00. The SMILES string of the molecule is C1CCC(P(CC[N-]CCP(C2CCCCC2)C2CCCCC2)C2CCCCC2)CC1.[Ru+2]. The Morgan fingerprint density at radius 3 is 0.906 bits per heavy atom. The van der Waals surface area contributed by atoms with Crippen molar-refractivity contribution in [3.8, 4) is 0 Å². The molecule has 1 nitrogen and oxygen atoms in total. The summed E-state index contributed by atoms with van der Waals surface area (Å²) in [5.74, 6) is 0. The predicted molar refractivity (Wildman–Crippen MR) is 144 cm³/mol. The largest absolute Gasteiger partial charge is 2.00 e. The third-order valence-electron chi connectivity index (χ3n) is 9.21. The van der Waals surface area contributed by atoms with Gasteiger partial charge in [-0.3, -0.25) is 0 Å². The summed E-state index contributed by atoms with van der Waals surface area (Å²) in [4.78, 5) is 0. The zero-order valence-corrected chi connectivity index (χ0v) is 24.5. The topological polar surface area (TPSA) is 14.1 Å². The van der Waals surface area contributed by atoms with E-state index in [1.54, 1.807) is 51.4 Å². The van der Waals surface area contributed by atoms with Gasteiger partial charge in [-0.15, -0.1) is 28.9 Å². The summed E-state index contributed by atoms with van der Waals surface area (Å²) in [7, 11) is 0.517. The van der Waals surface area contributed by atoms with Gasteiger partial charge in [0.1, 0.15) is 0 Å². The molecule has 0 radical (unpaired) electrons. The quantitative estimate of drug-likeness (QED) is 0.142. The maximum Gasteiger partial charge on any atom is 2.00 e. The molecule has 186 valence electrons. The molecule has 0 aliphatic heterocycles. The summed E-state index contributed by atoms with van der Waals surface area (Å²) in [6.45, 7) is 2.44. The maximum atomic E-state index is 5.26. The predicted octanol–water partition coefficient (Wildman–Crippen LogP) is 9.65. The van der Waals surface area contributed by atoms with Crippen molar-refractivity contribution < 1.29 is 19.5 Å². The van der Waals surface area contributed by atoms with Crippen LogP contribution in [0.25, 0.3) is 5.32 Å². The van der Waals surface area contributed by atoms with Crippen LogP contribution in [-0.4, -0.2) is 48.0 Å². The molecule has 4 heteroatoms. The van der Waals surface area contributed by atoms with E-state index in [1.165, 1.54) is 102 Å². The summed E-state index contributed by atoms with van der Waals surface area (Å²) in [6.07, 6.45) is 33.8. The Hall–Kier alpha value is 1.44. The first-order valence-corrected chi connectivity index (χ1v) is 17.9. The molecule has 0 aromatic rings. The Balaban J connectivity index is 0.00000289. The van der Waals surface area contributed by atoms with Crippen LogP contribution in [0, 0.1) is 0 Å². The minimum absolute atomic E-state index is 0. The van der Waals surface area contributed by atoms with E-state index in [-0.39, 0.29) is 35.3 Å². The summed E-state index contributed by atoms with van der Waals surface area (Å²) < 4.78 is 0. The van der Waals surface area contributed by atoms with Gasteiger partial charge >= 0.3 is 19.5 Å². The van der Waals surface area contributed by atoms with Crippen LogP contribution < -0.4 is 0 Å². The first kappa shape index (κ1) is 28.0. The number of nitrogens with zero attached hydrogens (tertiary/aromatic N) is 1. The van der Waals surface area contributed by atoms with Crippen molar-refractivity contribution in [3.63, 3.8) is 0 Å². The Morgan fingerprint density at radius 1 is 0.406 bits per heavy atom. The molecule has 4 aliphatic carbocycles. The van der Waals surface area contributed by atoms with Gasteiger partial charge in [0, 0.05) is 0 Å². The second-order valence-electron chi connectivity index (χ2n) is 11.3. The Labute approximate surface area is 216 Å². The van der Waals surface area contributed by atoms with Crippen molar-refractivity contribution in [2.75, 3.05) is 25.4 Å². The maximum absolute atomic E-state index is 5.26. The summed E-state index contributed by atoms with van der Waals surface area (Å²) in [5, 5.41) is 5.26. The van der Waals surface area contributed by atoms with Crippen LogP contribution in [0.4, 0.5) is 0 Å². The molecule has 4 fully saturated rings. The molecule has 4 saturated carbocycles. The Kier molecular flexibility index (Phi) is 14.2. The third-order valence-corrected chi connectivity index (χ3v) is 16.5. The fourth-order valence-corrected chi connectivity index (χ4v) is 15.0. The van der Waals surface area contributed by atoms with Crippen LogP contribution in [0.5, 0.6) is 0 Å². The van der Waals surface area contributed by atoms with Gasteiger partial charge in [-0.25, -0.2) is 0 Å². The number of rotatable bonds is 10. The van der Waals surface area contributed by atoms with Crippen molar-refractivity contribution in [2.45, 2.75) is 151 Å². The third kappa shape index (κ3) is 8.83. The van der Waals surface area contributed by atoms with Gasteiger partial charge in [0.15, 0.2) is 0 Å². The van der Waals surface area contributed by atoms with Gasteiger partial charge in [0.2, 0.25) is 0 Å². The monoisotopic (exact) mass is 566 g/mol. The molecule has 32 heavy (non-hydrogen) atoms. The summed E-state index contributed by atoms with van der Waals surface area (Å²) >= 11 is 0. The van der Waals surface area contributed by atoms with Crippen molar-refractivity contribution in [1.82, 2.24) is 0 Å². The summed E-state index contributed by atoms with van der Waals surface area (Å²) in [6, 6.07) is 0. The van der Waals surface area contributed by atoms with E-state index >= 15 is 0 Å². The van der Waals surface area contributed by atoms with Gasteiger partial charge in [0.25, 0.3) is 0 Å². The zero-order chi connectivity index (χ0) is 21.1. The minimum atomic E-state index is 0. The van der Waals surface area contributed by atoms with Crippen molar-refractivity contribution in [2.24, 2.45) is 0 Å². The molecule has 0 aromatic carbocycles. The standard InChI is InChI=1S/C28H52NP2.Ru/c1-5-13-25(14-6-1)30(26-15-7-2-8-16-26)23-21-29-22-24-31(27-17-9-3-10-18-27)28-19-11-4-12-20-28;/h25-28H,1-24H2;/q-1;+2. The van der Waals surface area contributed by atoms with E-state index in [9.17, 15) is 0 Å². The van der Waals surface area contributed by atoms with Gasteiger partial charge in [0.05, 0.1) is 0 Å². The molecule has 4 aliphatic rings. The van der Waals surface area contributed by atoms with Crippen molar-refractivity contribution >= 4 is 15.8 Å². The van der Waals surface area contributed by atoms with Crippen LogP contribution in [0.3, 0.4) is 0 Å². The van der Waals surface area contributed by atoms with E-state index in [2.05, 4.69) is 0 Å². The molecular weight excluding hydrogens is 513 g/mol. The van der Waals surface area contributed by atoms with Crippen LogP contribution >= 0.6 is 15.8 Å². The van der Waals surface area contributed by atoms with E-state index in [1.807, 2.05) is 0 Å². The Morgan fingerprint density at radius 2 is 0.656 bits per heavy atom. The first-order chi connectivity index (χ1) is 15.4. The first-order valence-electron chi connectivity index (χ1n) is 14.6. The molecule has 0 saturated heterocycles. The minimum Gasteiger partial charge on any atom is -0.662 e.